The van der Waals surface area contributed by atoms with E-state index in [2.05, 4.69) is 54.7 Å². The molecule has 3 aromatic heterocycles. The third kappa shape index (κ3) is 5.36. The molecule has 0 saturated carbocycles. The van der Waals surface area contributed by atoms with Crippen molar-refractivity contribution in [2.24, 2.45) is 7.05 Å². The fraction of sp³-hybridized carbons (Fsp3) is 0.300. The monoisotopic (exact) mass is 565 g/mol. The highest BCUT2D eigenvalue weighted by Gasteiger charge is 2.38. The molecule has 2 aromatic carbocycles. The van der Waals surface area contributed by atoms with Gasteiger partial charge in [0.05, 0.1) is 13.1 Å². The number of benzene rings is 2. The maximum atomic E-state index is 13.8. The normalized spacial score (nSPS) is 18.2. The molecule has 1 saturated heterocycles. The van der Waals surface area contributed by atoms with Crippen molar-refractivity contribution in [1.29, 1.82) is 0 Å². The van der Waals surface area contributed by atoms with Gasteiger partial charge in [-0.15, -0.1) is 10.2 Å². The first-order valence-electron chi connectivity index (χ1n) is 13.8. The third-order valence-electron chi connectivity index (χ3n) is 7.44. The number of hydrogen-bond acceptors (Lipinski definition) is 9. The molecular formula is C30H31N9O3. The summed E-state index contributed by atoms with van der Waals surface area (Å²) >= 11 is 0. The zero-order valence-corrected chi connectivity index (χ0v) is 23.8. The van der Waals surface area contributed by atoms with Gasteiger partial charge in [0.1, 0.15) is 11.2 Å². The van der Waals surface area contributed by atoms with E-state index in [9.17, 15) is 9.59 Å². The topological polar surface area (TPSA) is 135 Å². The second kappa shape index (κ2) is 11.1. The number of fused-ring (bicyclic) bond motifs is 1. The molecule has 12 heteroatoms. The van der Waals surface area contributed by atoms with Crippen LogP contribution in [0.4, 0.5) is 5.69 Å². The first-order valence-corrected chi connectivity index (χ1v) is 13.8. The van der Waals surface area contributed by atoms with Crippen molar-refractivity contribution in [3.63, 3.8) is 0 Å². The van der Waals surface area contributed by atoms with Gasteiger partial charge in [-0.2, -0.15) is 4.80 Å². The molecule has 1 unspecified atom stereocenters. The van der Waals surface area contributed by atoms with Crippen molar-refractivity contribution < 1.29 is 14.0 Å². The standard InChI is InChI=1S/C30H31N9O3/c1-18-17-39(19(2)16-38(18)27(21-8-6-5-7-9-21)28-34-36-37(4)35-28)30(41)25-14-22(12-13-31-25)29-33-24-15-23(32-20(3)40)10-11-26(24)42-29/h5-15,18-19,27H,16-17H2,1-4H3,(H,32,40)/t18-,19-,27?/m0/s1. The Kier molecular flexibility index (Phi) is 7.21. The number of rotatable bonds is 6. The van der Waals surface area contributed by atoms with Gasteiger partial charge in [-0.25, -0.2) is 4.98 Å². The Balaban J connectivity index is 1.23. The summed E-state index contributed by atoms with van der Waals surface area (Å²) in [5, 5.41) is 15.7. The van der Waals surface area contributed by atoms with Crippen LogP contribution in [0.1, 0.15) is 48.7 Å². The second-order valence-corrected chi connectivity index (χ2v) is 10.6. The van der Waals surface area contributed by atoms with E-state index < -0.39 is 0 Å². The fourth-order valence-electron chi connectivity index (χ4n) is 5.49. The number of nitrogens with one attached hydrogen (secondary N) is 1. The van der Waals surface area contributed by atoms with Gasteiger partial charge in [0, 0.05) is 49.5 Å². The lowest BCUT2D eigenvalue weighted by molar-refractivity contribution is -0.114. The van der Waals surface area contributed by atoms with Gasteiger partial charge in [-0.3, -0.25) is 19.5 Å². The maximum absolute atomic E-state index is 13.8. The highest BCUT2D eigenvalue weighted by atomic mass is 16.3. The summed E-state index contributed by atoms with van der Waals surface area (Å²) in [6, 6.07) is 18.6. The molecule has 0 bridgehead atoms. The predicted molar refractivity (Wildman–Crippen MR) is 155 cm³/mol. The largest absolute Gasteiger partial charge is 0.436 e. The van der Waals surface area contributed by atoms with Gasteiger partial charge in [0.2, 0.25) is 11.8 Å². The molecule has 1 N–H and O–H groups in total. The van der Waals surface area contributed by atoms with E-state index in [0.717, 1.165) is 5.56 Å². The minimum Gasteiger partial charge on any atom is -0.436 e. The maximum Gasteiger partial charge on any atom is 0.272 e. The number of oxazole rings is 1. The van der Waals surface area contributed by atoms with Crippen LogP contribution in [0.25, 0.3) is 22.6 Å². The van der Waals surface area contributed by atoms with Crippen molar-refractivity contribution in [2.75, 3.05) is 18.4 Å². The summed E-state index contributed by atoms with van der Waals surface area (Å²) in [6.07, 6.45) is 1.59. The first-order chi connectivity index (χ1) is 20.3. The second-order valence-electron chi connectivity index (χ2n) is 10.6. The van der Waals surface area contributed by atoms with Crippen LogP contribution in [0, 0.1) is 0 Å². The van der Waals surface area contributed by atoms with Crippen LogP contribution in [-0.4, -0.2) is 77.0 Å². The van der Waals surface area contributed by atoms with Crippen molar-refractivity contribution in [1.82, 2.24) is 40.0 Å². The number of nitrogens with zero attached hydrogens (tertiary/aromatic N) is 8. The summed E-state index contributed by atoms with van der Waals surface area (Å²) < 4.78 is 5.96. The highest BCUT2D eigenvalue weighted by Crippen LogP contribution is 2.32. The van der Waals surface area contributed by atoms with Gasteiger partial charge in [-0.1, -0.05) is 30.3 Å². The minimum absolute atomic E-state index is 0.0113. The number of aromatic nitrogens is 6. The SMILES string of the molecule is CC(=O)Nc1ccc2oc(-c3ccnc(C(=O)N4C[C@H](C)N(C(c5ccccc5)c5nnn(C)n5)C[C@@H]4C)c3)nc2c1. The lowest BCUT2D eigenvalue weighted by atomic mass is 9.98. The van der Waals surface area contributed by atoms with Crippen LogP contribution in [-0.2, 0) is 11.8 Å². The van der Waals surface area contributed by atoms with E-state index in [4.69, 9.17) is 4.42 Å². The van der Waals surface area contributed by atoms with Crippen molar-refractivity contribution in [2.45, 2.75) is 38.9 Å². The van der Waals surface area contributed by atoms with Gasteiger partial charge in [0.15, 0.2) is 11.4 Å². The molecule has 0 aliphatic carbocycles. The molecule has 4 heterocycles. The summed E-state index contributed by atoms with van der Waals surface area (Å²) in [5.74, 6) is 0.670. The lowest BCUT2D eigenvalue weighted by Crippen LogP contribution is -2.59. The van der Waals surface area contributed by atoms with Gasteiger partial charge >= 0.3 is 0 Å². The molecule has 6 rings (SSSR count). The number of pyridine rings is 1. The van der Waals surface area contributed by atoms with E-state index >= 15 is 0 Å². The smallest absolute Gasteiger partial charge is 0.272 e. The Hall–Kier alpha value is -4.97. The van der Waals surface area contributed by atoms with Crippen LogP contribution in [0.15, 0.2) is 71.3 Å². The Bertz CT molecular complexity index is 1750. The predicted octanol–water partition coefficient (Wildman–Crippen LogP) is 3.70. The lowest BCUT2D eigenvalue weighted by Gasteiger charge is -2.46. The van der Waals surface area contributed by atoms with Crippen molar-refractivity contribution >= 4 is 28.6 Å². The van der Waals surface area contributed by atoms with Gasteiger partial charge in [-0.05, 0) is 55.0 Å². The van der Waals surface area contributed by atoms with E-state index in [1.807, 2.05) is 30.0 Å². The molecule has 42 heavy (non-hydrogen) atoms. The van der Waals surface area contributed by atoms with E-state index in [1.165, 1.54) is 11.7 Å². The number of amides is 2. The minimum atomic E-state index is -0.193. The first kappa shape index (κ1) is 27.2. The van der Waals surface area contributed by atoms with E-state index in [1.54, 1.807) is 43.6 Å². The highest BCUT2D eigenvalue weighted by molar-refractivity contribution is 5.94. The van der Waals surface area contributed by atoms with Gasteiger partial charge < -0.3 is 14.6 Å². The van der Waals surface area contributed by atoms with Crippen LogP contribution in [0.5, 0.6) is 0 Å². The molecule has 0 spiro atoms. The Morgan fingerprint density at radius 3 is 2.57 bits per heavy atom. The average molecular weight is 566 g/mol. The van der Waals surface area contributed by atoms with E-state index in [0.29, 0.717) is 52.8 Å². The summed E-state index contributed by atoms with van der Waals surface area (Å²) in [7, 11) is 1.76. The number of aryl methyl sites for hydroxylation is 1. The van der Waals surface area contributed by atoms with Crippen LogP contribution in [0.3, 0.4) is 0 Å². The molecule has 1 aliphatic rings. The molecule has 5 aromatic rings. The van der Waals surface area contributed by atoms with Crippen LogP contribution < -0.4 is 5.32 Å². The Morgan fingerprint density at radius 2 is 1.83 bits per heavy atom. The molecule has 12 nitrogen and oxygen atoms in total. The number of anilines is 1. The van der Waals surface area contributed by atoms with E-state index in [-0.39, 0.29) is 29.9 Å². The molecule has 1 aliphatic heterocycles. The molecule has 0 radical (unpaired) electrons. The number of tetrazole rings is 1. The summed E-state index contributed by atoms with van der Waals surface area (Å²) in [6.45, 7) is 6.72. The molecule has 214 valence electrons. The van der Waals surface area contributed by atoms with Crippen LogP contribution >= 0.6 is 0 Å². The molecular weight excluding hydrogens is 534 g/mol. The summed E-state index contributed by atoms with van der Waals surface area (Å²) in [4.78, 5) is 39.9. The van der Waals surface area contributed by atoms with Crippen molar-refractivity contribution in [3.05, 3.63) is 83.9 Å². The third-order valence-corrected chi connectivity index (χ3v) is 7.44. The number of carbonyl (C=O) groups excluding carboxylic acids is 2. The fourth-order valence-corrected chi connectivity index (χ4v) is 5.49. The zero-order chi connectivity index (χ0) is 29.4. The summed E-state index contributed by atoms with van der Waals surface area (Å²) in [5.41, 5.74) is 3.84. The molecule has 2 amide bonds. The average Bonchev–Trinajstić information content (AvgIpc) is 3.61. The quantitative estimate of drug-likeness (QED) is 0.327. The number of hydrogen-bond donors (Lipinski definition) is 1. The van der Waals surface area contributed by atoms with Gasteiger partial charge in [0.25, 0.3) is 5.91 Å². The number of piperazine rings is 1. The van der Waals surface area contributed by atoms with Crippen LogP contribution in [0.2, 0.25) is 0 Å². The number of carbonyl (C=O) groups is 2. The van der Waals surface area contributed by atoms with Crippen molar-refractivity contribution in [3.8, 4) is 11.5 Å². The molecule has 1 fully saturated rings. The Labute approximate surface area is 242 Å². The zero-order valence-electron chi connectivity index (χ0n) is 23.8. The molecule has 3 atom stereocenters. The Morgan fingerprint density at radius 1 is 1.02 bits per heavy atom.